The fraction of sp³-hybridized carbons (Fsp3) is 0.0909. The van der Waals surface area contributed by atoms with Crippen molar-refractivity contribution in [1.82, 2.24) is 4.98 Å². The van der Waals surface area contributed by atoms with Crippen molar-refractivity contribution in [2.45, 2.75) is 6.42 Å². The van der Waals surface area contributed by atoms with E-state index in [0.717, 1.165) is 22.1 Å². The number of aldehydes is 1. The standard InChI is InChI=1S/C11H9NO2S/c13-6-2-1-3-8-4-5-9-10(7-8)15-11(14)12-9/h1,3-7H,2H2,(H,12,14). The minimum atomic E-state index is -0.0426. The highest BCUT2D eigenvalue weighted by atomic mass is 32.1. The summed E-state index contributed by atoms with van der Waals surface area (Å²) in [5.41, 5.74) is 1.86. The number of fused-ring (bicyclic) bond motifs is 1. The van der Waals surface area contributed by atoms with E-state index >= 15 is 0 Å². The summed E-state index contributed by atoms with van der Waals surface area (Å²) in [6.45, 7) is 0. The molecule has 1 heterocycles. The minimum absolute atomic E-state index is 0.0426. The van der Waals surface area contributed by atoms with Gasteiger partial charge in [-0.25, -0.2) is 0 Å². The first-order valence-corrected chi connectivity index (χ1v) is 5.34. The van der Waals surface area contributed by atoms with E-state index in [2.05, 4.69) is 4.98 Å². The molecule has 0 atom stereocenters. The van der Waals surface area contributed by atoms with E-state index in [1.165, 1.54) is 11.3 Å². The number of carbonyl (C=O) groups is 1. The predicted octanol–water partition coefficient (Wildman–Crippen LogP) is 2.19. The Morgan fingerprint density at radius 2 is 2.27 bits per heavy atom. The maximum absolute atomic E-state index is 11.1. The first kappa shape index (κ1) is 9.86. The van der Waals surface area contributed by atoms with Gasteiger partial charge in [0.25, 0.3) is 0 Å². The normalized spacial score (nSPS) is 11.2. The number of aromatic amines is 1. The van der Waals surface area contributed by atoms with Crippen molar-refractivity contribution in [1.29, 1.82) is 0 Å². The second-order valence-corrected chi connectivity index (χ2v) is 4.09. The van der Waals surface area contributed by atoms with E-state index < -0.39 is 0 Å². The van der Waals surface area contributed by atoms with Crippen LogP contribution in [0.4, 0.5) is 0 Å². The number of nitrogens with one attached hydrogen (secondary N) is 1. The van der Waals surface area contributed by atoms with Gasteiger partial charge in [-0.2, -0.15) is 0 Å². The Morgan fingerprint density at radius 1 is 1.40 bits per heavy atom. The van der Waals surface area contributed by atoms with Crippen LogP contribution in [0.5, 0.6) is 0 Å². The first-order chi connectivity index (χ1) is 7.29. The molecule has 0 spiro atoms. The van der Waals surface area contributed by atoms with Gasteiger partial charge in [0.05, 0.1) is 10.2 Å². The lowest BCUT2D eigenvalue weighted by atomic mass is 10.2. The largest absolute Gasteiger partial charge is 0.312 e. The Morgan fingerprint density at radius 3 is 3.07 bits per heavy atom. The van der Waals surface area contributed by atoms with Gasteiger partial charge in [-0.3, -0.25) is 4.79 Å². The van der Waals surface area contributed by atoms with Gasteiger partial charge in [-0.05, 0) is 17.7 Å². The highest BCUT2D eigenvalue weighted by Crippen LogP contribution is 2.17. The van der Waals surface area contributed by atoms with Crippen LogP contribution in [0.2, 0.25) is 0 Å². The zero-order valence-electron chi connectivity index (χ0n) is 7.90. The summed E-state index contributed by atoms with van der Waals surface area (Å²) in [5.74, 6) is 0. The van der Waals surface area contributed by atoms with Gasteiger partial charge < -0.3 is 9.78 Å². The zero-order valence-corrected chi connectivity index (χ0v) is 8.71. The smallest absolute Gasteiger partial charge is 0.305 e. The third-order valence-corrected chi connectivity index (χ3v) is 2.83. The number of allylic oxidation sites excluding steroid dienone is 1. The lowest BCUT2D eigenvalue weighted by Gasteiger charge is -1.92. The summed E-state index contributed by atoms with van der Waals surface area (Å²) in [6.07, 6.45) is 4.94. The number of carbonyl (C=O) groups excluding carboxylic acids is 1. The van der Waals surface area contributed by atoms with E-state index in [1.54, 1.807) is 6.08 Å². The highest BCUT2D eigenvalue weighted by Gasteiger charge is 1.98. The number of benzene rings is 1. The SMILES string of the molecule is O=CCC=Cc1ccc2[nH]c(=O)sc2c1. The molecule has 1 aromatic heterocycles. The molecular weight excluding hydrogens is 210 g/mol. The highest BCUT2D eigenvalue weighted by molar-refractivity contribution is 7.16. The quantitative estimate of drug-likeness (QED) is 0.804. The lowest BCUT2D eigenvalue weighted by Crippen LogP contribution is -1.89. The number of thiazole rings is 1. The second-order valence-electron chi connectivity index (χ2n) is 3.07. The first-order valence-electron chi connectivity index (χ1n) is 4.52. The monoisotopic (exact) mass is 219 g/mol. The Balaban J connectivity index is 2.37. The zero-order chi connectivity index (χ0) is 10.7. The number of rotatable bonds is 3. The fourth-order valence-corrected chi connectivity index (χ4v) is 2.11. The lowest BCUT2D eigenvalue weighted by molar-refractivity contribution is -0.107. The Kier molecular flexibility index (Phi) is 2.78. The molecular formula is C11H9NO2S. The van der Waals surface area contributed by atoms with Crippen LogP contribution in [-0.2, 0) is 4.79 Å². The molecule has 1 aromatic carbocycles. The van der Waals surface area contributed by atoms with Gasteiger partial charge >= 0.3 is 4.87 Å². The van der Waals surface area contributed by atoms with Crippen molar-refractivity contribution in [2.24, 2.45) is 0 Å². The van der Waals surface area contributed by atoms with Crippen molar-refractivity contribution >= 4 is 33.9 Å². The molecule has 76 valence electrons. The van der Waals surface area contributed by atoms with Crippen molar-refractivity contribution < 1.29 is 4.79 Å². The number of H-pyrrole nitrogens is 1. The van der Waals surface area contributed by atoms with Crippen LogP contribution < -0.4 is 4.87 Å². The molecule has 0 unspecified atom stereocenters. The Bertz CT molecular complexity index is 565. The summed E-state index contributed by atoms with van der Waals surface area (Å²) in [6, 6.07) is 5.71. The molecule has 0 bridgehead atoms. The van der Waals surface area contributed by atoms with Crippen LogP contribution in [-0.4, -0.2) is 11.3 Å². The molecule has 0 radical (unpaired) electrons. The molecule has 15 heavy (non-hydrogen) atoms. The number of hydrogen-bond donors (Lipinski definition) is 1. The predicted molar refractivity (Wildman–Crippen MR) is 62.2 cm³/mol. The van der Waals surface area contributed by atoms with Gasteiger partial charge in [-0.15, -0.1) is 0 Å². The summed E-state index contributed by atoms with van der Waals surface area (Å²) in [5, 5.41) is 0. The Hall–Kier alpha value is -1.68. The topological polar surface area (TPSA) is 49.9 Å². The van der Waals surface area contributed by atoms with Crippen LogP contribution >= 0.6 is 11.3 Å². The third kappa shape index (κ3) is 2.22. The molecule has 4 heteroatoms. The van der Waals surface area contributed by atoms with E-state index in [4.69, 9.17) is 0 Å². The van der Waals surface area contributed by atoms with Gasteiger partial charge in [0.2, 0.25) is 0 Å². The average Bonchev–Trinajstić information content (AvgIpc) is 2.57. The minimum Gasteiger partial charge on any atom is -0.312 e. The van der Waals surface area contributed by atoms with Gasteiger partial charge in [0.15, 0.2) is 0 Å². The average molecular weight is 219 g/mol. The molecule has 0 amide bonds. The molecule has 2 rings (SSSR count). The molecule has 0 aliphatic carbocycles. The summed E-state index contributed by atoms with van der Waals surface area (Å²) < 4.78 is 0.938. The van der Waals surface area contributed by atoms with Crippen LogP contribution in [0.1, 0.15) is 12.0 Å². The Labute approximate surface area is 90.1 Å². The van der Waals surface area contributed by atoms with E-state index in [9.17, 15) is 9.59 Å². The molecule has 0 aliphatic heterocycles. The molecule has 0 saturated carbocycles. The molecule has 1 N–H and O–H groups in total. The maximum Gasteiger partial charge on any atom is 0.305 e. The van der Waals surface area contributed by atoms with Crippen molar-refractivity contribution in [3.05, 3.63) is 39.5 Å². The molecule has 2 aromatic rings. The van der Waals surface area contributed by atoms with E-state index in [1.807, 2.05) is 24.3 Å². The van der Waals surface area contributed by atoms with E-state index in [0.29, 0.717) is 6.42 Å². The van der Waals surface area contributed by atoms with Crippen LogP contribution in [0.3, 0.4) is 0 Å². The van der Waals surface area contributed by atoms with Crippen molar-refractivity contribution in [3.63, 3.8) is 0 Å². The third-order valence-electron chi connectivity index (χ3n) is 1.99. The van der Waals surface area contributed by atoms with Gasteiger partial charge in [0.1, 0.15) is 6.29 Å². The molecule has 3 nitrogen and oxygen atoms in total. The van der Waals surface area contributed by atoms with Crippen LogP contribution in [0.15, 0.2) is 29.1 Å². The molecule has 0 fully saturated rings. The summed E-state index contributed by atoms with van der Waals surface area (Å²) >= 11 is 1.19. The maximum atomic E-state index is 11.1. The van der Waals surface area contributed by atoms with Crippen molar-refractivity contribution in [3.8, 4) is 0 Å². The number of aromatic nitrogens is 1. The number of hydrogen-bond acceptors (Lipinski definition) is 3. The molecule has 0 saturated heterocycles. The van der Waals surface area contributed by atoms with E-state index in [-0.39, 0.29) is 4.87 Å². The second kappa shape index (κ2) is 4.23. The van der Waals surface area contributed by atoms with Crippen molar-refractivity contribution in [2.75, 3.05) is 0 Å². The summed E-state index contributed by atoms with van der Waals surface area (Å²) in [4.78, 5) is 23.9. The van der Waals surface area contributed by atoms with Crippen LogP contribution in [0, 0.1) is 0 Å². The van der Waals surface area contributed by atoms with Gasteiger partial charge in [0, 0.05) is 6.42 Å². The van der Waals surface area contributed by atoms with Gasteiger partial charge in [-0.1, -0.05) is 29.6 Å². The summed E-state index contributed by atoms with van der Waals surface area (Å²) in [7, 11) is 0. The van der Waals surface area contributed by atoms with Crippen LogP contribution in [0.25, 0.3) is 16.3 Å². The fourth-order valence-electron chi connectivity index (χ4n) is 1.33. The molecule has 0 aliphatic rings.